The van der Waals surface area contributed by atoms with Gasteiger partial charge in [-0.3, -0.25) is 4.79 Å². The number of hydrogen-bond donors (Lipinski definition) is 2. The van der Waals surface area contributed by atoms with Crippen LogP contribution < -0.4 is 5.73 Å². The van der Waals surface area contributed by atoms with Gasteiger partial charge in [-0.2, -0.15) is 0 Å². The van der Waals surface area contributed by atoms with Crippen molar-refractivity contribution in [2.24, 2.45) is 5.73 Å². The smallest absolute Gasteiger partial charge is 0.328 e. The summed E-state index contributed by atoms with van der Waals surface area (Å²) in [5.74, 6) is -1.46. The summed E-state index contributed by atoms with van der Waals surface area (Å²) in [7, 11) is 0. The second-order valence-electron chi connectivity index (χ2n) is 3.76. The van der Waals surface area contributed by atoms with Crippen LogP contribution in [0.25, 0.3) is 0 Å². The summed E-state index contributed by atoms with van der Waals surface area (Å²) in [6, 6.07) is -0.950. The lowest BCUT2D eigenvalue weighted by Crippen LogP contribution is -2.52. The van der Waals surface area contributed by atoms with E-state index in [-0.39, 0.29) is 31.3 Å². The Bertz CT molecular complexity index is 462. The molecule has 1 aromatic heterocycles. The van der Waals surface area contributed by atoms with E-state index in [2.05, 4.69) is 4.98 Å². The van der Waals surface area contributed by atoms with Gasteiger partial charge in [-0.15, -0.1) is 11.3 Å². The van der Waals surface area contributed by atoms with Crippen molar-refractivity contribution in [1.82, 2.24) is 9.88 Å². The Morgan fingerprint density at radius 1 is 1.67 bits per heavy atom. The number of carboxylic acid groups (broad SMARTS) is 1. The van der Waals surface area contributed by atoms with E-state index >= 15 is 0 Å². The molecule has 1 aliphatic heterocycles. The predicted molar refractivity (Wildman–Crippen MR) is 63.3 cm³/mol. The number of morpholine rings is 1. The van der Waals surface area contributed by atoms with Gasteiger partial charge < -0.3 is 20.5 Å². The minimum atomic E-state index is -1.07. The van der Waals surface area contributed by atoms with Crippen molar-refractivity contribution in [2.75, 3.05) is 19.8 Å². The zero-order chi connectivity index (χ0) is 13.1. The third kappa shape index (κ3) is 2.50. The molecule has 1 saturated heterocycles. The molecule has 0 radical (unpaired) electrons. The third-order valence-electron chi connectivity index (χ3n) is 2.62. The van der Waals surface area contributed by atoms with Crippen LogP contribution in [0.2, 0.25) is 0 Å². The first-order valence-electron chi connectivity index (χ1n) is 5.39. The van der Waals surface area contributed by atoms with Crippen LogP contribution in [-0.2, 0) is 16.1 Å². The number of hydrogen-bond acceptors (Lipinski definition) is 6. The molecule has 0 saturated carbocycles. The highest BCUT2D eigenvalue weighted by Crippen LogP contribution is 2.15. The van der Waals surface area contributed by atoms with Gasteiger partial charge in [-0.25, -0.2) is 9.78 Å². The van der Waals surface area contributed by atoms with Gasteiger partial charge in [-0.1, -0.05) is 0 Å². The standard InChI is InChI=1S/C10H13N3O4S/c11-3-8-12-6(5-18-8)9(14)13-1-2-17-4-7(13)10(15)16/h5,7H,1-4,11H2,(H,15,16). The third-order valence-corrected chi connectivity index (χ3v) is 3.49. The van der Waals surface area contributed by atoms with Crippen molar-refractivity contribution in [1.29, 1.82) is 0 Å². The Morgan fingerprint density at radius 2 is 2.44 bits per heavy atom. The van der Waals surface area contributed by atoms with Gasteiger partial charge in [-0.05, 0) is 0 Å². The van der Waals surface area contributed by atoms with Crippen LogP contribution in [0, 0.1) is 0 Å². The van der Waals surface area contributed by atoms with E-state index < -0.39 is 12.0 Å². The van der Waals surface area contributed by atoms with Crippen LogP contribution >= 0.6 is 11.3 Å². The fourth-order valence-electron chi connectivity index (χ4n) is 1.70. The van der Waals surface area contributed by atoms with Crippen molar-refractivity contribution in [3.8, 4) is 0 Å². The summed E-state index contributed by atoms with van der Waals surface area (Å²) in [6.07, 6.45) is 0. The van der Waals surface area contributed by atoms with Gasteiger partial charge in [0.25, 0.3) is 5.91 Å². The first-order valence-corrected chi connectivity index (χ1v) is 6.27. The molecule has 3 N–H and O–H groups in total. The number of carboxylic acids is 1. The number of aromatic nitrogens is 1. The number of nitrogens with zero attached hydrogens (tertiary/aromatic N) is 2. The molecule has 0 aliphatic carbocycles. The van der Waals surface area contributed by atoms with Crippen molar-refractivity contribution >= 4 is 23.2 Å². The highest BCUT2D eigenvalue weighted by Gasteiger charge is 2.34. The molecule has 1 fully saturated rings. The maximum Gasteiger partial charge on any atom is 0.328 e. The van der Waals surface area contributed by atoms with Crippen LogP contribution in [0.1, 0.15) is 15.5 Å². The molecule has 2 heterocycles. The highest BCUT2D eigenvalue weighted by atomic mass is 32.1. The second-order valence-corrected chi connectivity index (χ2v) is 4.70. The summed E-state index contributed by atoms with van der Waals surface area (Å²) in [6.45, 7) is 0.868. The van der Waals surface area contributed by atoms with E-state index in [1.807, 2.05) is 0 Å². The van der Waals surface area contributed by atoms with E-state index in [4.69, 9.17) is 15.6 Å². The Hall–Kier alpha value is -1.51. The average molecular weight is 271 g/mol. The minimum Gasteiger partial charge on any atom is -0.480 e. The zero-order valence-corrected chi connectivity index (χ0v) is 10.4. The highest BCUT2D eigenvalue weighted by molar-refractivity contribution is 7.09. The fraction of sp³-hybridized carbons (Fsp3) is 0.500. The molecule has 7 nitrogen and oxygen atoms in total. The number of thiazole rings is 1. The Kier molecular flexibility index (Phi) is 3.90. The zero-order valence-electron chi connectivity index (χ0n) is 9.54. The lowest BCUT2D eigenvalue weighted by atomic mass is 10.2. The molecular weight excluding hydrogens is 258 g/mol. The molecule has 0 spiro atoms. The summed E-state index contributed by atoms with van der Waals surface area (Å²) < 4.78 is 5.07. The predicted octanol–water partition coefficient (Wildman–Crippen LogP) is -0.473. The van der Waals surface area contributed by atoms with Crippen molar-refractivity contribution in [3.05, 3.63) is 16.1 Å². The van der Waals surface area contributed by atoms with Gasteiger partial charge in [0, 0.05) is 18.5 Å². The van der Waals surface area contributed by atoms with Gasteiger partial charge in [0.15, 0.2) is 6.04 Å². The molecule has 1 unspecified atom stereocenters. The first kappa shape index (κ1) is 12.9. The molecule has 1 aliphatic rings. The topological polar surface area (TPSA) is 106 Å². The molecular formula is C10H13N3O4S. The Morgan fingerprint density at radius 3 is 3.06 bits per heavy atom. The average Bonchev–Trinajstić information content (AvgIpc) is 2.86. The van der Waals surface area contributed by atoms with E-state index in [0.717, 1.165) is 0 Å². The number of rotatable bonds is 3. The molecule has 18 heavy (non-hydrogen) atoms. The normalized spacial score (nSPS) is 19.8. The monoisotopic (exact) mass is 271 g/mol. The lowest BCUT2D eigenvalue weighted by molar-refractivity contribution is -0.147. The summed E-state index contributed by atoms with van der Waals surface area (Å²) >= 11 is 1.29. The van der Waals surface area contributed by atoms with Crippen molar-refractivity contribution in [3.63, 3.8) is 0 Å². The van der Waals surface area contributed by atoms with Crippen LogP contribution in [0.15, 0.2) is 5.38 Å². The number of amides is 1. The molecule has 1 amide bonds. The van der Waals surface area contributed by atoms with E-state index in [9.17, 15) is 9.59 Å². The molecule has 8 heteroatoms. The largest absolute Gasteiger partial charge is 0.480 e. The van der Waals surface area contributed by atoms with Crippen LogP contribution in [0.5, 0.6) is 0 Å². The fourth-order valence-corrected chi connectivity index (χ4v) is 2.35. The second kappa shape index (κ2) is 5.42. The van der Waals surface area contributed by atoms with Gasteiger partial charge in [0.05, 0.1) is 13.2 Å². The number of carbonyl (C=O) groups is 2. The lowest BCUT2D eigenvalue weighted by Gasteiger charge is -2.32. The number of nitrogens with two attached hydrogens (primary N) is 1. The minimum absolute atomic E-state index is 0.00889. The Labute approximate surface area is 107 Å². The number of ether oxygens (including phenoxy) is 1. The van der Waals surface area contributed by atoms with Crippen LogP contribution in [-0.4, -0.2) is 52.7 Å². The molecule has 1 atom stereocenters. The van der Waals surface area contributed by atoms with Crippen molar-refractivity contribution < 1.29 is 19.4 Å². The van der Waals surface area contributed by atoms with Crippen molar-refractivity contribution in [2.45, 2.75) is 12.6 Å². The SMILES string of the molecule is NCc1nc(C(=O)N2CCOCC2C(=O)O)cs1. The maximum atomic E-state index is 12.2. The number of carbonyl (C=O) groups excluding carboxylic acids is 1. The Balaban J connectivity index is 2.17. The molecule has 1 aromatic rings. The number of aliphatic carboxylic acids is 1. The first-order chi connectivity index (χ1) is 8.63. The maximum absolute atomic E-state index is 12.2. The van der Waals surface area contributed by atoms with Gasteiger partial charge in [0.1, 0.15) is 10.7 Å². The molecule has 0 bridgehead atoms. The van der Waals surface area contributed by atoms with Crippen LogP contribution in [0.4, 0.5) is 0 Å². The summed E-state index contributed by atoms with van der Waals surface area (Å²) in [5, 5.41) is 11.3. The van der Waals surface area contributed by atoms with Gasteiger partial charge in [0.2, 0.25) is 0 Å². The van der Waals surface area contributed by atoms with Crippen LogP contribution in [0.3, 0.4) is 0 Å². The van der Waals surface area contributed by atoms with Gasteiger partial charge >= 0.3 is 5.97 Å². The molecule has 2 rings (SSSR count). The molecule has 0 aromatic carbocycles. The van der Waals surface area contributed by atoms with E-state index in [0.29, 0.717) is 11.6 Å². The van der Waals surface area contributed by atoms with E-state index in [1.165, 1.54) is 16.2 Å². The molecule has 98 valence electrons. The summed E-state index contributed by atoms with van der Waals surface area (Å²) in [4.78, 5) is 28.5. The summed E-state index contributed by atoms with van der Waals surface area (Å²) in [5.41, 5.74) is 5.67. The quantitative estimate of drug-likeness (QED) is 0.769. The van der Waals surface area contributed by atoms with E-state index in [1.54, 1.807) is 5.38 Å².